The Morgan fingerprint density at radius 1 is 1.04 bits per heavy atom. The highest BCUT2D eigenvalue weighted by molar-refractivity contribution is 5.95. The number of ether oxygens (including phenoxy) is 2. The summed E-state index contributed by atoms with van der Waals surface area (Å²) < 4.78 is 10.9. The van der Waals surface area contributed by atoms with E-state index < -0.39 is 6.10 Å². The summed E-state index contributed by atoms with van der Waals surface area (Å²) in [5.41, 5.74) is 1.96. The van der Waals surface area contributed by atoms with E-state index >= 15 is 0 Å². The summed E-state index contributed by atoms with van der Waals surface area (Å²) in [7, 11) is 1.61. The summed E-state index contributed by atoms with van der Waals surface area (Å²) in [5, 5.41) is 2.97. The number of rotatable bonds is 7. The predicted octanol–water partition coefficient (Wildman–Crippen LogP) is 4.05. The second kappa shape index (κ2) is 8.22. The molecule has 0 bridgehead atoms. The van der Waals surface area contributed by atoms with Crippen LogP contribution in [0.25, 0.3) is 0 Å². The van der Waals surface area contributed by atoms with Crippen molar-refractivity contribution in [1.29, 1.82) is 0 Å². The molecule has 0 aliphatic carbocycles. The first-order valence-corrected chi connectivity index (χ1v) is 7.87. The van der Waals surface area contributed by atoms with Crippen molar-refractivity contribution in [1.82, 2.24) is 0 Å². The molecular weight excluding hydrogens is 290 g/mol. The molecule has 4 heteroatoms. The highest BCUT2D eigenvalue weighted by Crippen LogP contribution is 2.20. The van der Waals surface area contributed by atoms with Gasteiger partial charge in [-0.15, -0.1) is 0 Å². The van der Waals surface area contributed by atoms with Gasteiger partial charge < -0.3 is 14.8 Å². The molecule has 1 atom stereocenters. The summed E-state index contributed by atoms with van der Waals surface area (Å²) in [4.78, 5) is 12.5. The van der Waals surface area contributed by atoms with Gasteiger partial charge in [0.2, 0.25) is 0 Å². The Morgan fingerprint density at radius 2 is 1.70 bits per heavy atom. The van der Waals surface area contributed by atoms with Crippen molar-refractivity contribution < 1.29 is 14.3 Å². The standard InChI is InChI=1S/C19H23NO3/c1-4-14-8-6-7-9-17(14)20-19(21)18(5-2)23-16-12-10-15(22-3)11-13-16/h6-13,18H,4-5H2,1-3H3,(H,20,21). The molecule has 0 aliphatic heterocycles. The van der Waals surface area contributed by atoms with Crippen LogP contribution in [-0.2, 0) is 11.2 Å². The first kappa shape index (κ1) is 16.9. The second-order valence-electron chi connectivity index (χ2n) is 5.19. The Labute approximate surface area is 137 Å². The lowest BCUT2D eigenvalue weighted by Crippen LogP contribution is -2.32. The number of hydrogen-bond acceptors (Lipinski definition) is 3. The van der Waals surface area contributed by atoms with E-state index in [1.165, 1.54) is 0 Å². The average molecular weight is 313 g/mol. The number of carbonyl (C=O) groups excluding carboxylic acids is 1. The van der Waals surface area contributed by atoms with Gasteiger partial charge in [-0.05, 0) is 48.7 Å². The summed E-state index contributed by atoms with van der Waals surface area (Å²) in [6.45, 7) is 4.00. The molecule has 23 heavy (non-hydrogen) atoms. The second-order valence-corrected chi connectivity index (χ2v) is 5.19. The lowest BCUT2D eigenvalue weighted by Gasteiger charge is -2.18. The molecular formula is C19H23NO3. The Morgan fingerprint density at radius 3 is 2.30 bits per heavy atom. The van der Waals surface area contributed by atoms with Crippen LogP contribution in [0.4, 0.5) is 5.69 Å². The molecule has 2 aromatic rings. The molecule has 0 radical (unpaired) electrons. The Kier molecular flexibility index (Phi) is 6.03. The van der Waals surface area contributed by atoms with Crippen molar-refractivity contribution in [3.8, 4) is 11.5 Å². The highest BCUT2D eigenvalue weighted by Gasteiger charge is 2.19. The number of carbonyl (C=O) groups is 1. The van der Waals surface area contributed by atoms with Gasteiger partial charge in [-0.3, -0.25) is 4.79 Å². The van der Waals surface area contributed by atoms with Gasteiger partial charge in [0.05, 0.1) is 7.11 Å². The van der Waals surface area contributed by atoms with Crippen molar-refractivity contribution >= 4 is 11.6 Å². The first-order valence-electron chi connectivity index (χ1n) is 7.87. The summed E-state index contributed by atoms with van der Waals surface area (Å²) in [6, 6.07) is 15.0. The fraction of sp³-hybridized carbons (Fsp3) is 0.316. The molecule has 0 saturated carbocycles. The number of methoxy groups -OCH3 is 1. The number of benzene rings is 2. The fourth-order valence-corrected chi connectivity index (χ4v) is 2.30. The summed E-state index contributed by atoms with van der Waals surface area (Å²) >= 11 is 0. The third kappa shape index (κ3) is 4.49. The van der Waals surface area contributed by atoms with E-state index in [0.717, 1.165) is 23.4 Å². The largest absolute Gasteiger partial charge is 0.497 e. The molecule has 0 aromatic heterocycles. The maximum absolute atomic E-state index is 12.5. The first-order chi connectivity index (χ1) is 11.2. The molecule has 2 aromatic carbocycles. The smallest absolute Gasteiger partial charge is 0.265 e. The van der Waals surface area contributed by atoms with Crippen LogP contribution in [0.5, 0.6) is 11.5 Å². The van der Waals surface area contributed by atoms with E-state index in [1.54, 1.807) is 19.2 Å². The summed E-state index contributed by atoms with van der Waals surface area (Å²) in [5.74, 6) is 1.27. The number of para-hydroxylation sites is 1. The van der Waals surface area contributed by atoms with Crippen LogP contribution in [-0.4, -0.2) is 19.1 Å². The molecule has 0 heterocycles. The van der Waals surface area contributed by atoms with Gasteiger partial charge in [0.25, 0.3) is 5.91 Å². The van der Waals surface area contributed by atoms with Crippen LogP contribution >= 0.6 is 0 Å². The van der Waals surface area contributed by atoms with Crippen LogP contribution in [0.3, 0.4) is 0 Å². The van der Waals surface area contributed by atoms with Crippen LogP contribution < -0.4 is 14.8 Å². The Balaban J connectivity index is 2.05. The quantitative estimate of drug-likeness (QED) is 0.838. The normalized spacial score (nSPS) is 11.6. The molecule has 0 spiro atoms. The molecule has 1 N–H and O–H groups in total. The van der Waals surface area contributed by atoms with Crippen LogP contribution in [0.1, 0.15) is 25.8 Å². The van der Waals surface area contributed by atoms with E-state index in [4.69, 9.17) is 9.47 Å². The van der Waals surface area contributed by atoms with E-state index in [2.05, 4.69) is 12.2 Å². The maximum Gasteiger partial charge on any atom is 0.265 e. The zero-order valence-electron chi connectivity index (χ0n) is 13.8. The zero-order valence-corrected chi connectivity index (χ0v) is 13.8. The van der Waals surface area contributed by atoms with Crippen molar-refractivity contribution in [3.63, 3.8) is 0 Å². The van der Waals surface area contributed by atoms with E-state index in [9.17, 15) is 4.79 Å². The summed E-state index contributed by atoms with van der Waals surface area (Å²) in [6.07, 6.45) is 0.923. The molecule has 122 valence electrons. The Hall–Kier alpha value is -2.49. The van der Waals surface area contributed by atoms with Gasteiger partial charge in [-0.25, -0.2) is 0 Å². The van der Waals surface area contributed by atoms with Crippen LogP contribution in [0.15, 0.2) is 48.5 Å². The molecule has 1 amide bonds. The van der Waals surface area contributed by atoms with Crippen LogP contribution in [0.2, 0.25) is 0 Å². The minimum absolute atomic E-state index is 0.135. The lowest BCUT2D eigenvalue weighted by molar-refractivity contribution is -0.122. The molecule has 0 fully saturated rings. The van der Waals surface area contributed by atoms with Gasteiger partial charge in [-0.1, -0.05) is 32.0 Å². The van der Waals surface area contributed by atoms with Crippen LogP contribution in [0, 0.1) is 0 Å². The maximum atomic E-state index is 12.5. The van der Waals surface area contributed by atoms with Crippen molar-refractivity contribution in [2.75, 3.05) is 12.4 Å². The van der Waals surface area contributed by atoms with Gasteiger partial charge in [0.1, 0.15) is 11.5 Å². The minimum Gasteiger partial charge on any atom is -0.497 e. The van der Waals surface area contributed by atoms with Crippen molar-refractivity contribution in [3.05, 3.63) is 54.1 Å². The minimum atomic E-state index is -0.534. The molecule has 1 unspecified atom stereocenters. The zero-order chi connectivity index (χ0) is 16.7. The number of anilines is 1. The number of nitrogens with one attached hydrogen (secondary N) is 1. The molecule has 4 nitrogen and oxygen atoms in total. The average Bonchev–Trinajstić information content (AvgIpc) is 2.60. The highest BCUT2D eigenvalue weighted by atomic mass is 16.5. The topological polar surface area (TPSA) is 47.6 Å². The van der Waals surface area contributed by atoms with Gasteiger partial charge in [0.15, 0.2) is 6.10 Å². The predicted molar refractivity (Wildman–Crippen MR) is 92.2 cm³/mol. The Bertz CT molecular complexity index is 637. The third-order valence-corrected chi connectivity index (χ3v) is 3.66. The molecule has 0 aliphatic rings. The third-order valence-electron chi connectivity index (χ3n) is 3.66. The lowest BCUT2D eigenvalue weighted by atomic mass is 10.1. The van der Waals surface area contributed by atoms with Crippen molar-refractivity contribution in [2.45, 2.75) is 32.8 Å². The van der Waals surface area contributed by atoms with E-state index in [1.807, 2.05) is 43.3 Å². The number of amides is 1. The van der Waals surface area contributed by atoms with Gasteiger partial charge in [-0.2, -0.15) is 0 Å². The number of aryl methyl sites for hydroxylation is 1. The van der Waals surface area contributed by atoms with E-state index in [-0.39, 0.29) is 5.91 Å². The molecule has 2 rings (SSSR count). The monoisotopic (exact) mass is 313 g/mol. The number of hydrogen-bond donors (Lipinski definition) is 1. The van der Waals surface area contributed by atoms with Gasteiger partial charge in [0, 0.05) is 5.69 Å². The fourth-order valence-electron chi connectivity index (χ4n) is 2.30. The molecule has 0 saturated heterocycles. The SMILES string of the molecule is CCc1ccccc1NC(=O)C(CC)Oc1ccc(OC)cc1. The van der Waals surface area contributed by atoms with Crippen molar-refractivity contribution in [2.24, 2.45) is 0 Å². The van der Waals surface area contributed by atoms with E-state index in [0.29, 0.717) is 12.2 Å². The van der Waals surface area contributed by atoms with Gasteiger partial charge >= 0.3 is 0 Å².